The Morgan fingerprint density at radius 1 is 0.960 bits per heavy atom. The lowest BCUT2D eigenvalue weighted by molar-refractivity contribution is -0.114. The smallest absolute Gasteiger partial charge is 0.265 e. The monoisotopic (exact) mass is 362 g/mol. The Kier molecular flexibility index (Phi) is 5.43. The number of nitrogens with one attached hydrogen (secondary N) is 2. The van der Waals surface area contributed by atoms with Crippen LogP contribution in [0.1, 0.15) is 24.2 Å². The summed E-state index contributed by atoms with van der Waals surface area (Å²) in [5, 5.41) is 2.53. The fraction of sp³-hybridized carbons (Fsp3) is 0.176. The Labute approximate surface area is 146 Å². The molecule has 132 valence electrons. The highest BCUT2D eigenvalue weighted by Gasteiger charge is 2.20. The van der Waals surface area contributed by atoms with Crippen molar-refractivity contribution in [2.24, 2.45) is 0 Å². The van der Waals surface area contributed by atoms with E-state index in [4.69, 9.17) is 4.74 Å². The summed E-state index contributed by atoms with van der Waals surface area (Å²) in [6.45, 7) is 2.75. The topological polar surface area (TPSA) is 102 Å². The minimum atomic E-state index is -3.96. The standard InChI is InChI=1S/C17H18N2O5S/c1-11(20)13-4-6-14(7-5-13)19-25(22,23)17-10-15(18-12(2)21)8-9-16(17)24-3/h4-10,19H,1-3H3,(H,18,21). The lowest BCUT2D eigenvalue weighted by Gasteiger charge is -2.13. The summed E-state index contributed by atoms with van der Waals surface area (Å²) < 4.78 is 32.9. The first-order chi connectivity index (χ1) is 11.7. The van der Waals surface area contributed by atoms with Crippen molar-refractivity contribution in [2.75, 3.05) is 17.1 Å². The maximum absolute atomic E-state index is 12.7. The summed E-state index contributed by atoms with van der Waals surface area (Å²) in [5.74, 6) is -0.290. The summed E-state index contributed by atoms with van der Waals surface area (Å²) in [4.78, 5) is 22.3. The molecule has 0 unspecified atom stereocenters. The van der Waals surface area contributed by atoms with E-state index < -0.39 is 10.0 Å². The van der Waals surface area contributed by atoms with Crippen LogP contribution < -0.4 is 14.8 Å². The average Bonchev–Trinajstić information content (AvgIpc) is 2.54. The first-order valence-electron chi connectivity index (χ1n) is 7.32. The Morgan fingerprint density at radius 2 is 1.56 bits per heavy atom. The molecule has 0 heterocycles. The van der Waals surface area contributed by atoms with Crippen molar-refractivity contribution < 1.29 is 22.7 Å². The fourth-order valence-corrected chi connectivity index (χ4v) is 3.41. The number of methoxy groups -OCH3 is 1. The maximum Gasteiger partial charge on any atom is 0.265 e. The molecule has 0 atom stereocenters. The molecule has 2 rings (SSSR count). The number of anilines is 2. The molecule has 0 saturated carbocycles. The molecule has 0 bridgehead atoms. The molecule has 0 spiro atoms. The molecule has 1 amide bonds. The van der Waals surface area contributed by atoms with Crippen LogP contribution in [-0.2, 0) is 14.8 Å². The van der Waals surface area contributed by atoms with Crippen LogP contribution in [0.3, 0.4) is 0 Å². The van der Waals surface area contributed by atoms with Gasteiger partial charge in [0.25, 0.3) is 10.0 Å². The zero-order chi connectivity index (χ0) is 18.6. The Balaban J connectivity index is 2.37. The van der Waals surface area contributed by atoms with Crippen molar-refractivity contribution in [3.05, 3.63) is 48.0 Å². The van der Waals surface area contributed by atoms with Gasteiger partial charge >= 0.3 is 0 Å². The highest BCUT2D eigenvalue weighted by molar-refractivity contribution is 7.92. The summed E-state index contributed by atoms with van der Waals surface area (Å²) in [6.07, 6.45) is 0. The van der Waals surface area contributed by atoms with Crippen LogP contribution in [0.5, 0.6) is 5.75 Å². The van der Waals surface area contributed by atoms with Crippen molar-refractivity contribution in [2.45, 2.75) is 18.7 Å². The van der Waals surface area contributed by atoms with E-state index >= 15 is 0 Å². The van der Waals surface area contributed by atoms with Gasteiger partial charge in [-0.2, -0.15) is 0 Å². The molecular formula is C17H18N2O5S. The maximum atomic E-state index is 12.7. The van der Waals surface area contributed by atoms with E-state index in [9.17, 15) is 18.0 Å². The summed E-state index contributed by atoms with van der Waals surface area (Å²) in [6, 6.07) is 10.4. The number of carbonyl (C=O) groups excluding carboxylic acids is 2. The van der Waals surface area contributed by atoms with Gasteiger partial charge in [-0.1, -0.05) is 0 Å². The van der Waals surface area contributed by atoms with Crippen molar-refractivity contribution >= 4 is 33.1 Å². The van der Waals surface area contributed by atoms with E-state index in [1.54, 1.807) is 6.07 Å². The van der Waals surface area contributed by atoms with Gasteiger partial charge in [-0.15, -0.1) is 0 Å². The molecule has 0 aliphatic rings. The lowest BCUT2D eigenvalue weighted by Crippen LogP contribution is -2.15. The van der Waals surface area contributed by atoms with Crippen LogP contribution >= 0.6 is 0 Å². The van der Waals surface area contributed by atoms with E-state index in [1.165, 1.54) is 57.4 Å². The number of sulfonamides is 1. The van der Waals surface area contributed by atoms with Gasteiger partial charge in [-0.3, -0.25) is 14.3 Å². The zero-order valence-electron chi connectivity index (χ0n) is 14.0. The predicted octanol–water partition coefficient (Wildman–Crippen LogP) is 2.66. The molecule has 0 aromatic heterocycles. The summed E-state index contributed by atoms with van der Waals surface area (Å²) in [5.41, 5.74) is 1.12. The molecule has 2 N–H and O–H groups in total. The molecule has 0 fully saturated rings. The largest absolute Gasteiger partial charge is 0.495 e. The SMILES string of the molecule is COc1ccc(NC(C)=O)cc1S(=O)(=O)Nc1ccc(C(C)=O)cc1. The average molecular weight is 362 g/mol. The number of rotatable bonds is 6. The first kappa shape index (κ1) is 18.5. The van der Waals surface area contributed by atoms with Gasteiger partial charge in [0.15, 0.2) is 5.78 Å². The van der Waals surface area contributed by atoms with E-state index in [-0.39, 0.29) is 22.3 Å². The van der Waals surface area contributed by atoms with Gasteiger partial charge < -0.3 is 10.1 Å². The summed E-state index contributed by atoms with van der Waals surface area (Å²) >= 11 is 0. The number of hydrogen-bond acceptors (Lipinski definition) is 5. The normalized spacial score (nSPS) is 10.8. The van der Waals surface area contributed by atoms with Gasteiger partial charge in [0.1, 0.15) is 10.6 Å². The van der Waals surface area contributed by atoms with E-state index in [2.05, 4.69) is 10.0 Å². The third kappa shape index (κ3) is 4.57. The highest BCUT2D eigenvalue weighted by Crippen LogP contribution is 2.29. The second-order valence-electron chi connectivity index (χ2n) is 5.29. The van der Waals surface area contributed by atoms with Crippen molar-refractivity contribution in [3.63, 3.8) is 0 Å². The molecule has 8 heteroatoms. The fourth-order valence-electron chi connectivity index (χ4n) is 2.15. The number of ketones is 1. The van der Waals surface area contributed by atoms with Crippen LogP contribution in [0.15, 0.2) is 47.4 Å². The second-order valence-corrected chi connectivity index (χ2v) is 6.94. The third-order valence-electron chi connectivity index (χ3n) is 3.32. The lowest BCUT2D eigenvalue weighted by atomic mass is 10.1. The molecule has 2 aromatic rings. The minimum Gasteiger partial charge on any atom is -0.495 e. The van der Waals surface area contributed by atoms with E-state index in [1.807, 2.05) is 0 Å². The Morgan fingerprint density at radius 3 is 2.08 bits per heavy atom. The molecule has 0 aliphatic carbocycles. The van der Waals surface area contributed by atoms with Crippen LogP contribution in [0.25, 0.3) is 0 Å². The quantitative estimate of drug-likeness (QED) is 0.769. The second kappa shape index (κ2) is 7.35. The molecule has 2 aromatic carbocycles. The van der Waals surface area contributed by atoms with E-state index in [0.29, 0.717) is 16.9 Å². The zero-order valence-corrected chi connectivity index (χ0v) is 14.8. The number of Topliss-reactive ketones (excluding diaryl/α,β-unsaturated/α-hetero) is 1. The van der Waals surface area contributed by atoms with Gasteiger partial charge in [0, 0.05) is 23.9 Å². The predicted molar refractivity (Wildman–Crippen MR) is 94.6 cm³/mol. The van der Waals surface area contributed by atoms with Gasteiger partial charge in [-0.05, 0) is 49.4 Å². The third-order valence-corrected chi connectivity index (χ3v) is 4.72. The van der Waals surface area contributed by atoms with Gasteiger partial charge in [0.05, 0.1) is 7.11 Å². The Hall–Kier alpha value is -2.87. The van der Waals surface area contributed by atoms with Crippen LogP contribution in [-0.4, -0.2) is 27.2 Å². The molecule has 0 saturated heterocycles. The molecular weight excluding hydrogens is 344 g/mol. The van der Waals surface area contributed by atoms with E-state index in [0.717, 1.165) is 0 Å². The van der Waals surface area contributed by atoms with Crippen LogP contribution in [0.4, 0.5) is 11.4 Å². The first-order valence-corrected chi connectivity index (χ1v) is 8.80. The number of ether oxygens (including phenoxy) is 1. The number of benzene rings is 2. The van der Waals surface area contributed by atoms with Crippen molar-refractivity contribution in [1.82, 2.24) is 0 Å². The van der Waals surface area contributed by atoms with Crippen molar-refractivity contribution in [1.29, 1.82) is 0 Å². The van der Waals surface area contributed by atoms with Crippen LogP contribution in [0, 0.1) is 0 Å². The number of carbonyl (C=O) groups is 2. The van der Waals surface area contributed by atoms with Gasteiger partial charge in [-0.25, -0.2) is 8.42 Å². The number of hydrogen-bond donors (Lipinski definition) is 2. The summed E-state index contributed by atoms with van der Waals surface area (Å²) in [7, 11) is -2.60. The molecule has 0 aliphatic heterocycles. The van der Waals surface area contributed by atoms with Crippen molar-refractivity contribution in [3.8, 4) is 5.75 Å². The van der Waals surface area contributed by atoms with Crippen LogP contribution in [0.2, 0.25) is 0 Å². The molecule has 25 heavy (non-hydrogen) atoms. The number of amides is 1. The van der Waals surface area contributed by atoms with Gasteiger partial charge in [0.2, 0.25) is 5.91 Å². The molecule has 7 nitrogen and oxygen atoms in total. The molecule has 0 radical (unpaired) electrons. The highest BCUT2D eigenvalue weighted by atomic mass is 32.2. The minimum absolute atomic E-state index is 0.112. The Bertz CT molecular complexity index is 905.